The molecule has 3 heterocycles. The van der Waals surface area contributed by atoms with Gasteiger partial charge in [-0.05, 0) is 29.3 Å². The lowest BCUT2D eigenvalue weighted by atomic mass is 10.2. The zero-order valence-corrected chi connectivity index (χ0v) is 18.9. The third-order valence-corrected chi connectivity index (χ3v) is 5.47. The van der Waals surface area contributed by atoms with E-state index in [4.69, 9.17) is 9.68 Å². The molecule has 0 spiro atoms. The third-order valence-electron chi connectivity index (χ3n) is 5.47. The van der Waals surface area contributed by atoms with Gasteiger partial charge >= 0.3 is 11.4 Å². The SMILES string of the molecule is CCCn1c(=O)n2c(=O)n(OCc3ccccc3)nc2c2c1nc(C)n2OCc1ccccc1. The normalized spacial score (nSPS) is 11.4. The molecule has 0 saturated heterocycles. The molecule has 0 bridgehead atoms. The molecule has 0 unspecified atom stereocenters. The lowest BCUT2D eigenvalue weighted by Gasteiger charge is -2.10. The van der Waals surface area contributed by atoms with Crippen molar-refractivity contribution in [1.29, 1.82) is 0 Å². The highest BCUT2D eigenvalue weighted by atomic mass is 16.7. The number of imidazole rings is 1. The van der Waals surface area contributed by atoms with Crippen LogP contribution in [0.15, 0.2) is 70.3 Å². The topological polar surface area (TPSA) is 97.6 Å². The van der Waals surface area contributed by atoms with Gasteiger partial charge in [0.15, 0.2) is 11.2 Å². The Kier molecular flexibility index (Phi) is 5.62. The minimum atomic E-state index is -0.684. The van der Waals surface area contributed by atoms with Crippen LogP contribution >= 0.6 is 0 Å². The van der Waals surface area contributed by atoms with E-state index in [2.05, 4.69) is 10.1 Å². The minimum absolute atomic E-state index is 0.124. The van der Waals surface area contributed by atoms with Crippen LogP contribution in [0.4, 0.5) is 0 Å². The van der Waals surface area contributed by atoms with Crippen molar-refractivity contribution >= 4 is 16.8 Å². The molecule has 34 heavy (non-hydrogen) atoms. The highest BCUT2D eigenvalue weighted by molar-refractivity contribution is 5.86. The van der Waals surface area contributed by atoms with Crippen molar-refractivity contribution in [3.8, 4) is 0 Å². The molecule has 0 amide bonds. The van der Waals surface area contributed by atoms with Gasteiger partial charge in [0, 0.05) is 6.54 Å². The van der Waals surface area contributed by atoms with E-state index in [1.54, 1.807) is 6.92 Å². The maximum Gasteiger partial charge on any atom is 0.389 e. The van der Waals surface area contributed by atoms with Crippen LogP contribution in [0.1, 0.15) is 30.3 Å². The van der Waals surface area contributed by atoms with Gasteiger partial charge in [-0.25, -0.2) is 14.6 Å². The highest BCUT2D eigenvalue weighted by Crippen LogP contribution is 2.18. The largest absolute Gasteiger partial charge is 0.407 e. The molecule has 0 fully saturated rings. The van der Waals surface area contributed by atoms with Crippen LogP contribution in [0.2, 0.25) is 0 Å². The van der Waals surface area contributed by atoms with Crippen LogP contribution in [0.3, 0.4) is 0 Å². The fourth-order valence-corrected chi connectivity index (χ4v) is 3.86. The number of benzene rings is 2. The maximum absolute atomic E-state index is 13.3. The van der Waals surface area contributed by atoms with Crippen molar-refractivity contribution in [2.24, 2.45) is 0 Å². The van der Waals surface area contributed by atoms with Gasteiger partial charge in [-0.2, -0.15) is 9.13 Å². The fourth-order valence-electron chi connectivity index (χ4n) is 3.86. The summed E-state index contributed by atoms with van der Waals surface area (Å²) in [5, 5.41) is 4.34. The summed E-state index contributed by atoms with van der Waals surface area (Å²) in [5.74, 6) is 0.537. The molecule has 0 saturated carbocycles. The zero-order valence-electron chi connectivity index (χ0n) is 18.9. The second-order valence-corrected chi connectivity index (χ2v) is 7.89. The van der Waals surface area contributed by atoms with E-state index in [0.717, 1.165) is 20.4 Å². The first-order valence-electron chi connectivity index (χ1n) is 11.1. The molecule has 0 radical (unpaired) electrons. The summed E-state index contributed by atoms with van der Waals surface area (Å²) in [6.45, 7) is 4.53. The van der Waals surface area contributed by atoms with Gasteiger partial charge in [0.1, 0.15) is 19.0 Å². The summed E-state index contributed by atoms with van der Waals surface area (Å²) in [4.78, 5) is 43.5. The highest BCUT2D eigenvalue weighted by Gasteiger charge is 2.24. The molecular formula is C24H24N6O4. The standard InChI is InChI=1S/C24H24N6O4/c1-3-14-27-21-20(29(17(2)25-21)33-15-18-10-6-4-7-11-18)22-26-30(24(32)28(22)23(27)31)34-16-19-12-8-5-9-13-19/h4-13H,3,14-16H2,1-2H3. The Morgan fingerprint density at radius 3 is 2.06 bits per heavy atom. The van der Waals surface area contributed by atoms with Gasteiger partial charge in [0.2, 0.25) is 5.65 Å². The summed E-state index contributed by atoms with van der Waals surface area (Å²) in [7, 11) is 0. The minimum Gasteiger partial charge on any atom is -0.407 e. The van der Waals surface area contributed by atoms with Crippen molar-refractivity contribution in [3.63, 3.8) is 0 Å². The predicted octanol–water partition coefficient (Wildman–Crippen LogP) is 1.98. The Morgan fingerprint density at radius 2 is 1.44 bits per heavy atom. The van der Waals surface area contributed by atoms with Crippen molar-refractivity contribution < 1.29 is 9.68 Å². The molecule has 3 aromatic heterocycles. The smallest absolute Gasteiger partial charge is 0.389 e. The van der Waals surface area contributed by atoms with E-state index in [-0.39, 0.29) is 18.9 Å². The number of aromatic nitrogens is 6. The third kappa shape index (κ3) is 3.72. The molecule has 0 aliphatic heterocycles. The molecule has 2 aromatic carbocycles. The van der Waals surface area contributed by atoms with Crippen molar-refractivity contribution in [1.82, 2.24) is 28.6 Å². The van der Waals surface area contributed by atoms with Gasteiger partial charge < -0.3 is 9.68 Å². The fraction of sp³-hybridized carbons (Fsp3) is 0.250. The molecule has 0 aliphatic carbocycles. The predicted molar refractivity (Wildman–Crippen MR) is 125 cm³/mol. The number of nitrogens with zero attached hydrogens (tertiary/aromatic N) is 6. The van der Waals surface area contributed by atoms with Gasteiger partial charge in [-0.15, -0.1) is 5.10 Å². The number of aryl methyl sites for hydroxylation is 2. The van der Waals surface area contributed by atoms with Crippen LogP contribution in [-0.4, -0.2) is 28.6 Å². The number of hydrogen-bond donors (Lipinski definition) is 0. The molecule has 5 aromatic rings. The van der Waals surface area contributed by atoms with Gasteiger partial charge in [0.25, 0.3) is 0 Å². The monoisotopic (exact) mass is 460 g/mol. The summed E-state index contributed by atoms with van der Waals surface area (Å²) in [5.41, 5.74) is 1.60. The molecular weight excluding hydrogens is 436 g/mol. The number of rotatable bonds is 8. The van der Waals surface area contributed by atoms with Crippen LogP contribution in [0, 0.1) is 6.92 Å². The van der Waals surface area contributed by atoms with E-state index in [9.17, 15) is 9.59 Å². The molecule has 0 N–H and O–H groups in total. The molecule has 0 aliphatic rings. The zero-order chi connectivity index (χ0) is 23.7. The van der Waals surface area contributed by atoms with E-state index in [0.29, 0.717) is 30.0 Å². The van der Waals surface area contributed by atoms with E-state index in [1.807, 2.05) is 67.6 Å². The lowest BCUT2D eigenvalue weighted by molar-refractivity contribution is 0.0625. The van der Waals surface area contributed by atoms with Crippen LogP contribution in [-0.2, 0) is 19.8 Å². The lowest BCUT2D eigenvalue weighted by Crippen LogP contribution is -2.36. The molecule has 10 heteroatoms. The quantitative estimate of drug-likeness (QED) is 0.351. The van der Waals surface area contributed by atoms with E-state index in [1.165, 1.54) is 9.30 Å². The van der Waals surface area contributed by atoms with Crippen LogP contribution in [0.5, 0.6) is 0 Å². The van der Waals surface area contributed by atoms with Crippen molar-refractivity contribution in [3.05, 3.63) is 98.6 Å². The summed E-state index contributed by atoms with van der Waals surface area (Å²) in [6.07, 6.45) is 0.685. The van der Waals surface area contributed by atoms with Crippen molar-refractivity contribution in [2.75, 3.05) is 0 Å². The second-order valence-electron chi connectivity index (χ2n) is 7.89. The Bertz CT molecular complexity index is 1560. The molecule has 10 nitrogen and oxygen atoms in total. The van der Waals surface area contributed by atoms with Crippen LogP contribution in [0.25, 0.3) is 16.8 Å². The number of hydrogen-bond acceptors (Lipinski definition) is 6. The summed E-state index contributed by atoms with van der Waals surface area (Å²) in [6, 6.07) is 19.1. The Hall–Kier alpha value is -4.34. The first-order chi connectivity index (χ1) is 16.6. The second kappa shape index (κ2) is 8.89. The van der Waals surface area contributed by atoms with E-state index < -0.39 is 11.4 Å². The maximum atomic E-state index is 13.3. The van der Waals surface area contributed by atoms with Crippen LogP contribution < -0.4 is 21.1 Å². The number of fused-ring (bicyclic) bond motifs is 3. The van der Waals surface area contributed by atoms with Gasteiger partial charge in [-0.3, -0.25) is 4.57 Å². The summed E-state index contributed by atoms with van der Waals surface area (Å²) < 4.78 is 4.01. The first-order valence-corrected chi connectivity index (χ1v) is 11.1. The van der Waals surface area contributed by atoms with E-state index >= 15 is 0 Å². The Balaban J connectivity index is 1.65. The van der Waals surface area contributed by atoms with Gasteiger partial charge in [0.05, 0.1) is 0 Å². The molecule has 174 valence electrons. The van der Waals surface area contributed by atoms with Gasteiger partial charge in [-0.1, -0.05) is 67.6 Å². The summed E-state index contributed by atoms with van der Waals surface area (Å²) >= 11 is 0. The average molecular weight is 460 g/mol. The first kappa shape index (κ1) is 21.5. The molecule has 0 atom stereocenters. The average Bonchev–Trinajstić information content (AvgIpc) is 3.36. The Morgan fingerprint density at radius 1 is 0.824 bits per heavy atom. The molecule has 5 rings (SSSR count). The van der Waals surface area contributed by atoms with Crippen molar-refractivity contribution in [2.45, 2.75) is 40.0 Å². The Labute approximate surface area is 194 Å².